The lowest BCUT2D eigenvalue weighted by Crippen LogP contribution is -2.24. The minimum absolute atomic E-state index is 0.101. The lowest BCUT2D eigenvalue weighted by molar-refractivity contribution is -0.385. The zero-order valence-electron chi connectivity index (χ0n) is 21.9. The summed E-state index contributed by atoms with van der Waals surface area (Å²) in [7, 11) is 0. The maximum Gasteiger partial charge on any atom is 0.312 e. The van der Waals surface area contributed by atoms with E-state index in [9.17, 15) is 19.7 Å². The number of ether oxygens (including phenoxy) is 1. The van der Waals surface area contributed by atoms with Crippen LogP contribution in [0.15, 0.2) is 73.4 Å². The molecule has 1 amide bonds. The molecule has 40 heavy (non-hydrogen) atoms. The quantitative estimate of drug-likeness (QED) is 0.122. The van der Waals surface area contributed by atoms with E-state index in [2.05, 4.69) is 47.3 Å². The highest BCUT2D eigenvalue weighted by atomic mass is 79.9. The molecule has 0 radical (unpaired) electrons. The molecule has 1 aromatic heterocycles. The van der Waals surface area contributed by atoms with E-state index in [1.54, 1.807) is 30.3 Å². The molecule has 206 valence electrons. The number of amides is 1. The van der Waals surface area contributed by atoms with Crippen LogP contribution in [-0.2, 0) is 4.79 Å². The zero-order valence-corrected chi connectivity index (χ0v) is 25.0. The Morgan fingerprint density at radius 1 is 1.18 bits per heavy atom. The summed E-state index contributed by atoms with van der Waals surface area (Å²) in [6.07, 6.45) is 2.00. The Labute approximate surface area is 246 Å². The lowest BCUT2D eigenvalue weighted by Gasteiger charge is -2.14. The van der Waals surface area contributed by atoms with Crippen LogP contribution in [0, 0.1) is 17.0 Å². The summed E-state index contributed by atoms with van der Waals surface area (Å²) in [5.41, 5.74) is 1.58. The Kier molecular flexibility index (Phi) is 9.10. The number of anilines is 1. The van der Waals surface area contributed by atoms with Crippen LogP contribution < -0.4 is 15.6 Å². The predicted octanol–water partition coefficient (Wildman–Crippen LogP) is 6.55. The smallest absolute Gasteiger partial charge is 0.312 e. The van der Waals surface area contributed by atoms with Crippen molar-refractivity contribution in [2.45, 2.75) is 33.1 Å². The number of aryl methyl sites for hydroxylation is 1. The molecule has 0 fully saturated rings. The molecule has 0 saturated carbocycles. The van der Waals surface area contributed by atoms with Crippen molar-refractivity contribution in [3.05, 3.63) is 101 Å². The summed E-state index contributed by atoms with van der Waals surface area (Å²) in [6, 6.07) is 15.3. The SMILES string of the molecule is CC[C@@H](C)c1nc2ccc(Br)cc2c(=O)n1N=Cc1cc(Br)cc([N+](=O)[O-])c1OCC(=O)Nc1ccc(C)cc1. The first-order valence-electron chi connectivity index (χ1n) is 12.3. The second-order valence-corrected chi connectivity index (χ2v) is 10.9. The minimum atomic E-state index is -0.610. The van der Waals surface area contributed by atoms with Gasteiger partial charge in [0.15, 0.2) is 6.61 Å². The van der Waals surface area contributed by atoms with Gasteiger partial charge >= 0.3 is 5.69 Å². The van der Waals surface area contributed by atoms with Crippen LogP contribution in [-0.4, -0.2) is 33.3 Å². The van der Waals surface area contributed by atoms with Gasteiger partial charge in [0.05, 0.1) is 22.0 Å². The summed E-state index contributed by atoms with van der Waals surface area (Å²) in [6.45, 7) is 5.35. The Balaban J connectivity index is 1.74. The first kappa shape index (κ1) is 29.1. The van der Waals surface area contributed by atoms with Gasteiger partial charge in [-0.1, -0.05) is 63.4 Å². The molecule has 4 aromatic rings. The first-order chi connectivity index (χ1) is 19.1. The van der Waals surface area contributed by atoms with Crippen molar-refractivity contribution in [3.8, 4) is 5.75 Å². The van der Waals surface area contributed by atoms with Gasteiger partial charge in [-0.15, -0.1) is 0 Å². The van der Waals surface area contributed by atoms with Gasteiger partial charge in [0.1, 0.15) is 5.82 Å². The number of halogens is 2. The van der Waals surface area contributed by atoms with E-state index in [0.717, 1.165) is 5.56 Å². The third-order valence-corrected chi connectivity index (χ3v) is 7.09. The molecule has 0 aliphatic heterocycles. The molecule has 0 bridgehead atoms. The Morgan fingerprint density at radius 2 is 1.90 bits per heavy atom. The van der Waals surface area contributed by atoms with Crippen LogP contribution in [0.2, 0.25) is 0 Å². The number of carbonyl (C=O) groups is 1. The first-order valence-corrected chi connectivity index (χ1v) is 13.9. The molecule has 1 atom stereocenters. The number of nitrogens with zero attached hydrogens (tertiary/aromatic N) is 4. The Bertz CT molecular complexity index is 1690. The monoisotopic (exact) mass is 669 g/mol. The summed E-state index contributed by atoms with van der Waals surface area (Å²) in [5, 5.41) is 19.3. The number of fused-ring (bicyclic) bond motifs is 1. The van der Waals surface area contributed by atoms with Crippen molar-refractivity contribution in [3.63, 3.8) is 0 Å². The number of hydrogen-bond acceptors (Lipinski definition) is 7. The fraction of sp³-hybridized carbons (Fsp3) is 0.214. The van der Waals surface area contributed by atoms with Crippen LogP contribution in [0.3, 0.4) is 0 Å². The van der Waals surface area contributed by atoms with E-state index in [4.69, 9.17) is 4.74 Å². The van der Waals surface area contributed by atoms with E-state index < -0.39 is 17.4 Å². The van der Waals surface area contributed by atoms with Crippen LogP contribution in [0.25, 0.3) is 10.9 Å². The number of nitro groups is 1. The maximum absolute atomic E-state index is 13.5. The molecule has 1 N–H and O–H groups in total. The fourth-order valence-corrected chi connectivity index (χ4v) is 4.68. The number of nitrogens with one attached hydrogen (secondary N) is 1. The zero-order chi connectivity index (χ0) is 29.0. The molecular formula is C28H25Br2N5O5. The highest BCUT2D eigenvalue weighted by molar-refractivity contribution is 9.10. The van der Waals surface area contributed by atoms with Gasteiger partial charge in [0, 0.05) is 32.2 Å². The van der Waals surface area contributed by atoms with Gasteiger partial charge in [0.25, 0.3) is 11.5 Å². The van der Waals surface area contributed by atoms with E-state index in [-0.39, 0.29) is 28.5 Å². The van der Waals surface area contributed by atoms with Gasteiger partial charge in [-0.3, -0.25) is 19.7 Å². The van der Waals surface area contributed by atoms with Gasteiger partial charge in [-0.2, -0.15) is 9.78 Å². The van der Waals surface area contributed by atoms with Crippen LogP contribution in [0.5, 0.6) is 5.75 Å². The molecule has 0 unspecified atom stereocenters. The summed E-state index contributed by atoms with van der Waals surface area (Å²) in [5.74, 6) is -0.312. The highest BCUT2D eigenvalue weighted by Crippen LogP contribution is 2.34. The molecular weight excluding hydrogens is 646 g/mol. The molecule has 0 aliphatic carbocycles. The Hall–Kier alpha value is -3.90. The average Bonchev–Trinajstić information content (AvgIpc) is 2.92. The molecule has 4 rings (SSSR count). The average molecular weight is 671 g/mol. The molecule has 0 aliphatic rings. The van der Waals surface area contributed by atoms with Gasteiger partial charge in [-0.25, -0.2) is 4.98 Å². The summed E-state index contributed by atoms with van der Waals surface area (Å²) >= 11 is 6.68. The number of aromatic nitrogens is 2. The number of hydrogen-bond donors (Lipinski definition) is 1. The van der Waals surface area contributed by atoms with E-state index in [1.165, 1.54) is 17.0 Å². The molecule has 1 heterocycles. The number of rotatable bonds is 9. The topological polar surface area (TPSA) is 129 Å². The summed E-state index contributed by atoms with van der Waals surface area (Å²) < 4.78 is 7.98. The number of carbonyl (C=O) groups excluding carboxylic acids is 1. The van der Waals surface area contributed by atoms with Crippen molar-refractivity contribution in [1.82, 2.24) is 9.66 Å². The van der Waals surface area contributed by atoms with Crippen LogP contribution in [0.1, 0.15) is 43.1 Å². The molecule has 0 spiro atoms. The second-order valence-electron chi connectivity index (χ2n) is 9.11. The van der Waals surface area contributed by atoms with Gasteiger partial charge in [-0.05, 0) is 49.7 Å². The molecule has 12 heteroatoms. The maximum atomic E-state index is 13.5. The molecule has 3 aromatic carbocycles. The van der Waals surface area contributed by atoms with Crippen LogP contribution >= 0.6 is 31.9 Å². The predicted molar refractivity (Wildman–Crippen MR) is 162 cm³/mol. The third-order valence-electron chi connectivity index (χ3n) is 6.14. The van der Waals surface area contributed by atoms with Crippen molar-refractivity contribution >= 4 is 66.3 Å². The number of nitro benzene ring substituents is 1. The van der Waals surface area contributed by atoms with Crippen molar-refractivity contribution in [2.75, 3.05) is 11.9 Å². The molecule has 0 saturated heterocycles. The lowest BCUT2D eigenvalue weighted by atomic mass is 10.1. The molecule has 10 nitrogen and oxygen atoms in total. The standard InChI is InChI=1S/C28H25Br2N5O5/c1-4-17(3)27-33-23-10-7-19(29)12-22(23)28(37)34(27)31-14-18-11-20(30)13-24(35(38)39)26(18)40-15-25(36)32-21-8-5-16(2)6-9-21/h5-14,17H,4,15H2,1-3H3,(H,32,36)/t17-/m1/s1. The van der Waals surface area contributed by atoms with Gasteiger partial charge < -0.3 is 10.1 Å². The van der Waals surface area contributed by atoms with E-state index in [1.807, 2.05) is 39.0 Å². The van der Waals surface area contributed by atoms with E-state index >= 15 is 0 Å². The van der Waals surface area contributed by atoms with Gasteiger partial charge in [0.2, 0.25) is 5.75 Å². The highest BCUT2D eigenvalue weighted by Gasteiger charge is 2.22. The van der Waals surface area contributed by atoms with Crippen LogP contribution in [0.4, 0.5) is 11.4 Å². The normalized spacial score (nSPS) is 12.0. The Morgan fingerprint density at radius 3 is 2.58 bits per heavy atom. The van der Waals surface area contributed by atoms with Crippen molar-refractivity contribution < 1.29 is 14.5 Å². The van der Waals surface area contributed by atoms with Crippen molar-refractivity contribution in [1.29, 1.82) is 0 Å². The largest absolute Gasteiger partial charge is 0.476 e. The second kappa shape index (κ2) is 12.5. The van der Waals surface area contributed by atoms with E-state index in [0.29, 0.717) is 37.8 Å². The number of benzene rings is 3. The fourth-order valence-electron chi connectivity index (χ4n) is 3.86. The summed E-state index contributed by atoms with van der Waals surface area (Å²) in [4.78, 5) is 42.0. The third kappa shape index (κ3) is 6.62. The van der Waals surface area contributed by atoms with Crippen molar-refractivity contribution in [2.24, 2.45) is 5.10 Å². The minimum Gasteiger partial charge on any atom is -0.476 e.